The lowest BCUT2D eigenvalue weighted by atomic mass is 10.1. The fourth-order valence-corrected chi connectivity index (χ4v) is 2.66. The van der Waals surface area contributed by atoms with Gasteiger partial charge in [-0.1, -0.05) is 12.1 Å². The molecule has 1 aromatic carbocycles. The van der Waals surface area contributed by atoms with Gasteiger partial charge in [0, 0.05) is 18.5 Å². The van der Waals surface area contributed by atoms with Crippen LogP contribution in [-0.2, 0) is 16.1 Å². The van der Waals surface area contributed by atoms with E-state index in [1.54, 1.807) is 6.07 Å². The Labute approximate surface area is 153 Å². The van der Waals surface area contributed by atoms with Crippen LogP contribution in [0.15, 0.2) is 30.3 Å². The first-order chi connectivity index (χ1) is 12.6. The number of hydrogen-bond donors (Lipinski definition) is 3. The maximum Gasteiger partial charge on any atom is 0.490 e. The normalized spacial score (nSPS) is 17.0. The van der Waals surface area contributed by atoms with Crippen molar-refractivity contribution >= 4 is 28.6 Å². The van der Waals surface area contributed by atoms with Crippen molar-refractivity contribution in [2.24, 2.45) is 0 Å². The zero-order valence-electron chi connectivity index (χ0n) is 14.5. The van der Waals surface area contributed by atoms with Crippen LogP contribution in [0.4, 0.5) is 19.0 Å². The highest BCUT2D eigenvalue weighted by atomic mass is 19.4. The number of aliphatic carboxylic acids is 1. The molecule has 3 rings (SSSR count). The van der Waals surface area contributed by atoms with Gasteiger partial charge in [0.2, 0.25) is 5.91 Å². The van der Waals surface area contributed by atoms with Crippen molar-refractivity contribution in [1.29, 1.82) is 0 Å². The minimum atomic E-state index is -5.08. The number of alkyl halides is 3. The Hall–Kier alpha value is -2.88. The molecule has 0 aliphatic carbocycles. The molecule has 146 valence electrons. The van der Waals surface area contributed by atoms with Crippen molar-refractivity contribution in [3.8, 4) is 0 Å². The number of aromatic nitrogens is 1. The number of likely N-dealkylation sites (N-methyl/N-ethyl adjacent to an activating group) is 1. The number of fused-ring (bicyclic) bond motifs is 1. The molecule has 2 heterocycles. The second kappa shape index (κ2) is 8.21. The monoisotopic (exact) mass is 384 g/mol. The number of benzene rings is 1. The Kier molecular flexibility index (Phi) is 6.21. The highest BCUT2D eigenvalue weighted by molar-refractivity contribution is 5.84. The quantitative estimate of drug-likeness (QED) is 0.744. The molecule has 1 aromatic heterocycles. The molecule has 0 radical (unpaired) electrons. The molecule has 2 aromatic rings. The molecule has 0 unspecified atom stereocenters. The summed E-state index contributed by atoms with van der Waals surface area (Å²) in [6.07, 6.45) is -4.21. The number of carboxylic acids is 1. The van der Waals surface area contributed by atoms with Crippen molar-refractivity contribution in [3.63, 3.8) is 0 Å². The number of hydrogen-bond acceptors (Lipinski definition) is 5. The maximum absolute atomic E-state index is 12.1. The molecule has 1 amide bonds. The summed E-state index contributed by atoms with van der Waals surface area (Å²) in [6.45, 7) is 1.43. The second-order valence-electron chi connectivity index (χ2n) is 5.96. The van der Waals surface area contributed by atoms with E-state index in [0.29, 0.717) is 12.4 Å². The van der Waals surface area contributed by atoms with Crippen molar-refractivity contribution in [1.82, 2.24) is 15.2 Å². The number of nitrogens with two attached hydrogens (primary N) is 1. The largest absolute Gasteiger partial charge is 0.490 e. The summed E-state index contributed by atoms with van der Waals surface area (Å²) in [5.41, 5.74) is 7.67. The number of likely N-dealkylation sites (tertiary alicyclic amines) is 1. The van der Waals surface area contributed by atoms with Gasteiger partial charge in [-0.2, -0.15) is 13.2 Å². The van der Waals surface area contributed by atoms with Gasteiger partial charge < -0.3 is 21.1 Å². The third kappa shape index (κ3) is 5.30. The third-order valence-corrected chi connectivity index (χ3v) is 4.04. The summed E-state index contributed by atoms with van der Waals surface area (Å²) in [5, 5.41) is 11.2. The molecule has 1 aliphatic rings. The van der Waals surface area contributed by atoms with Crippen LogP contribution in [0.1, 0.15) is 12.0 Å². The topological polar surface area (TPSA) is 109 Å². The van der Waals surface area contributed by atoms with Gasteiger partial charge in [0.05, 0.1) is 11.6 Å². The van der Waals surface area contributed by atoms with Gasteiger partial charge in [-0.15, -0.1) is 0 Å². The van der Waals surface area contributed by atoms with E-state index in [1.165, 1.54) is 0 Å². The number of nitrogen functional groups attached to an aromatic ring is 1. The Balaban J connectivity index is 0.000000321. The Morgan fingerprint density at radius 1 is 1.37 bits per heavy atom. The van der Waals surface area contributed by atoms with Crippen LogP contribution in [0.5, 0.6) is 0 Å². The van der Waals surface area contributed by atoms with Gasteiger partial charge in [0.25, 0.3) is 0 Å². The Bertz CT molecular complexity index is 842. The molecular weight excluding hydrogens is 365 g/mol. The van der Waals surface area contributed by atoms with E-state index in [4.69, 9.17) is 15.6 Å². The maximum atomic E-state index is 12.1. The molecule has 0 bridgehead atoms. The van der Waals surface area contributed by atoms with Crippen LogP contribution in [0, 0.1) is 0 Å². The predicted octanol–water partition coefficient (Wildman–Crippen LogP) is 1.77. The van der Waals surface area contributed by atoms with Gasteiger partial charge >= 0.3 is 12.1 Å². The average molecular weight is 384 g/mol. The number of rotatable bonds is 3. The van der Waals surface area contributed by atoms with Gasteiger partial charge in [0.15, 0.2) is 0 Å². The van der Waals surface area contributed by atoms with Crippen molar-refractivity contribution < 1.29 is 27.9 Å². The van der Waals surface area contributed by atoms with E-state index in [-0.39, 0.29) is 11.9 Å². The summed E-state index contributed by atoms with van der Waals surface area (Å²) in [4.78, 5) is 27.2. The first-order valence-electron chi connectivity index (χ1n) is 8.03. The van der Waals surface area contributed by atoms with E-state index in [1.807, 2.05) is 36.2 Å². The molecule has 0 saturated carbocycles. The molecule has 1 aliphatic heterocycles. The summed E-state index contributed by atoms with van der Waals surface area (Å²) >= 11 is 0. The lowest BCUT2D eigenvalue weighted by Gasteiger charge is -2.17. The van der Waals surface area contributed by atoms with Crippen LogP contribution in [-0.4, -0.2) is 52.7 Å². The molecule has 1 fully saturated rings. The second-order valence-corrected chi connectivity index (χ2v) is 5.96. The lowest BCUT2D eigenvalue weighted by molar-refractivity contribution is -0.192. The van der Waals surface area contributed by atoms with Crippen LogP contribution >= 0.6 is 0 Å². The SMILES string of the molecule is CN[C@H]1CCN(Cc2ccc3ccc(N)nc3c2)C1=O.O=C(O)C(F)(F)F. The molecule has 1 atom stereocenters. The van der Waals surface area contributed by atoms with Gasteiger partial charge in [-0.25, -0.2) is 9.78 Å². The van der Waals surface area contributed by atoms with Gasteiger partial charge in [-0.05, 0) is 37.2 Å². The number of carboxylic acid groups (broad SMARTS) is 1. The average Bonchev–Trinajstić information content (AvgIpc) is 2.94. The first-order valence-corrected chi connectivity index (χ1v) is 8.03. The molecular formula is C17H19F3N4O3. The smallest absolute Gasteiger partial charge is 0.475 e. The fraction of sp³-hybridized carbons (Fsp3) is 0.353. The highest BCUT2D eigenvalue weighted by Crippen LogP contribution is 2.19. The third-order valence-electron chi connectivity index (χ3n) is 4.04. The fourth-order valence-electron chi connectivity index (χ4n) is 2.66. The summed E-state index contributed by atoms with van der Waals surface area (Å²) in [7, 11) is 1.83. The Morgan fingerprint density at radius 3 is 2.56 bits per heavy atom. The minimum Gasteiger partial charge on any atom is -0.475 e. The molecule has 4 N–H and O–H groups in total. The van der Waals surface area contributed by atoms with Crippen LogP contribution in [0.25, 0.3) is 10.9 Å². The summed E-state index contributed by atoms with van der Waals surface area (Å²) in [5.74, 6) is -2.07. The van der Waals surface area contributed by atoms with E-state index in [9.17, 15) is 18.0 Å². The van der Waals surface area contributed by atoms with Crippen LogP contribution in [0.3, 0.4) is 0 Å². The predicted molar refractivity (Wildman–Crippen MR) is 92.7 cm³/mol. The molecule has 0 spiro atoms. The minimum absolute atomic E-state index is 0.0378. The number of carbonyl (C=O) groups is 2. The Morgan fingerprint density at radius 2 is 2.00 bits per heavy atom. The number of nitrogens with one attached hydrogen (secondary N) is 1. The first kappa shape index (κ1) is 20.4. The molecule has 7 nitrogen and oxygen atoms in total. The molecule has 10 heteroatoms. The van der Waals surface area contributed by atoms with Crippen LogP contribution < -0.4 is 11.1 Å². The van der Waals surface area contributed by atoms with Crippen molar-refractivity contribution in [3.05, 3.63) is 35.9 Å². The summed E-state index contributed by atoms with van der Waals surface area (Å²) in [6, 6.07) is 9.78. The molecule has 27 heavy (non-hydrogen) atoms. The molecule has 1 saturated heterocycles. The number of pyridine rings is 1. The van der Waals surface area contributed by atoms with Crippen LogP contribution in [0.2, 0.25) is 0 Å². The zero-order valence-corrected chi connectivity index (χ0v) is 14.5. The number of nitrogens with zero attached hydrogens (tertiary/aromatic N) is 2. The standard InChI is InChI=1S/C15H18N4O.C2HF3O2/c1-17-12-6-7-19(15(12)20)9-10-2-3-11-4-5-14(16)18-13(11)8-10;3-2(4,5)1(6)7/h2-5,8,12,17H,6-7,9H2,1H3,(H2,16,18);(H,6,7)/t12-;/m0./s1. The van der Waals surface area contributed by atoms with E-state index in [2.05, 4.69) is 10.3 Å². The highest BCUT2D eigenvalue weighted by Gasteiger charge is 2.38. The van der Waals surface area contributed by atoms with Gasteiger partial charge in [-0.3, -0.25) is 4.79 Å². The lowest BCUT2D eigenvalue weighted by Crippen LogP contribution is -2.35. The number of halogens is 3. The van der Waals surface area contributed by atoms with E-state index in [0.717, 1.165) is 29.4 Å². The van der Waals surface area contributed by atoms with Gasteiger partial charge in [0.1, 0.15) is 5.82 Å². The summed E-state index contributed by atoms with van der Waals surface area (Å²) < 4.78 is 31.7. The van der Waals surface area contributed by atoms with E-state index < -0.39 is 12.1 Å². The van der Waals surface area contributed by atoms with E-state index >= 15 is 0 Å². The van der Waals surface area contributed by atoms with Crippen molar-refractivity contribution in [2.75, 3.05) is 19.3 Å². The number of carbonyl (C=O) groups excluding carboxylic acids is 1. The zero-order chi connectivity index (χ0) is 20.2. The number of amides is 1. The van der Waals surface area contributed by atoms with Crippen molar-refractivity contribution in [2.45, 2.75) is 25.2 Å². The number of anilines is 1.